The fourth-order valence-corrected chi connectivity index (χ4v) is 1.59. The quantitative estimate of drug-likeness (QED) is 0.674. The summed E-state index contributed by atoms with van der Waals surface area (Å²) in [5.74, 6) is 0.260. The predicted molar refractivity (Wildman–Crippen MR) is 72.4 cm³/mol. The third-order valence-electron chi connectivity index (χ3n) is 2.81. The number of hydrogen-bond acceptors (Lipinski definition) is 4. The monoisotopic (exact) mass is 269 g/mol. The minimum Gasteiger partial charge on any atom is -0.475 e. The standard InChI is InChI=1S/C14H23NO4/c1-10(2)4-6-18-7-5-15-9-12-8-13(14(16)17)19-11(12)3/h8,10,15H,4-7,9H2,1-3H3,(H,16,17). The number of carboxylic acids is 1. The number of carbonyl (C=O) groups is 1. The second-order valence-electron chi connectivity index (χ2n) is 4.97. The molecule has 5 nitrogen and oxygen atoms in total. The maximum Gasteiger partial charge on any atom is 0.371 e. The second kappa shape index (κ2) is 7.96. The van der Waals surface area contributed by atoms with Crippen LogP contribution in [0.15, 0.2) is 10.5 Å². The molecule has 0 aromatic carbocycles. The van der Waals surface area contributed by atoms with E-state index in [1.54, 1.807) is 13.0 Å². The number of aryl methyl sites for hydroxylation is 1. The lowest BCUT2D eigenvalue weighted by Gasteiger charge is -2.07. The lowest BCUT2D eigenvalue weighted by Crippen LogP contribution is -2.19. The van der Waals surface area contributed by atoms with Crippen molar-refractivity contribution in [3.8, 4) is 0 Å². The molecule has 0 radical (unpaired) electrons. The Kier molecular flexibility index (Phi) is 6.59. The first kappa shape index (κ1) is 15.7. The summed E-state index contributed by atoms with van der Waals surface area (Å²) in [7, 11) is 0. The van der Waals surface area contributed by atoms with Crippen LogP contribution >= 0.6 is 0 Å². The molecule has 0 fully saturated rings. The van der Waals surface area contributed by atoms with Crippen LogP contribution in [-0.2, 0) is 11.3 Å². The molecule has 0 saturated carbocycles. The smallest absolute Gasteiger partial charge is 0.371 e. The first-order chi connectivity index (χ1) is 9.00. The number of aromatic carboxylic acids is 1. The number of furan rings is 1. The number of rotatable bonds is 9. The van der Waals surface area contributed by atoms with Crippen molar-refractivity contribution in [3.63, 3.8) is 0 Å². The molecule has 0 saturated heterocycles. The van der Waals surface area contributed by atoms with Crippen molar-refractivity contribution < 1.29 is 19.1 Å². The first-order valence-electron chi connectivity index (χ1n) is 6.61. The zero-order chi connectivity index (χ0) is 14.3. The van der Waals surface area contributed by atoms with Crippen LogP contribution in [0.4, 0.5) is 0 Å². The van der Waals surface area contributed by atoms with E-state index in [1.807, 2.05) is 0 Å². The summed E-state index contributed by atoms with van der Waals surface area (Å²) < 4.78 is 10.6. The molecule has 0 aliphatic rings. The molecule has 0 atom stereocenters. The Hall–Kier alpha value is -1.33. The molecule has 0 aliphatic heterocycles. The molecule has 1 rings (SSSR count). The summed E-state index contributed by atoms with van der Waals surface area (Å²) in [4.78, 5) is 10.7. The van der Waals surface area contributed by atoms with Gasteiger partial charge in [0.25, 0.3) is 0 Å². The Labute approximate surface area is 113 Å². The highest BCUT2D eigenvalue weighted by atomic mass is 16.5. The Morgan fingerprint density at radius 3 is 2.79 bits per heavy atom. The molecule has 2 N–H and O–H groups in total. The van der Waals surface area contributed by atoms with Crippen molar-refractivity contribution in [1.29, 1.82) is 0 Å². The highest BCUT2D eigenvalue weighted by Gasteiger charge is 2.12. The molecular formula is C14H23NO4. The average molecular weight is 269 g/mol. The van der Waals surface area contributed by atoms with E-state index in [9.17, 15) is 4.79 Å². The van der Waals surface area contributed by atoms with Gasteiger partial charge < -0.3 is 19.6 Å². The van der Waals surface area contributed by atoms with Crippen LogP contribution in [0.3, 0.4) is 0 Å². The number of nitrogens with one attached hydrogen (secondary N) is 1. The average Bonchev–Trinajstić information content (AvgIpc) is 2.69. The van der Waals surface area contributed by atoms with Crippen LogP contribution in [0, 0.1) is 12.8 Å². The zero-order valence-electron chi connectivity index (χ0n) is 11.9. The summed E-state index contributed by atoms with van der Waals surface area (Å²) >= 11 is 0. The normalized spacial score (nSPS) is 11.2. The van der Waals surface area contributed by atoms with Crippen molar-refractivity contribution in [2.24, 2.45) is 5.92 Å². The van der Waals surface area contributed by atoms with Crippen LogP contribution in [0.5, 0.6) is 0 Å². The third-order valence-corrected chi connectivity index (χ3v) is 2.81. The molecule has 0 aliphatic carbocycles. The van der Waals surface area contributed by atoms with E-state index in [2.05, 4.69) is 19.2 Å². The van der Waals surface area contributed by atoms with Crippen molar-refractivity contribution in [1.82, 2.24) is 5.32 Å². The Balaban J connectivity index is 2.17. The number of hydrogen-bond donors (Lipinski definition) is 2. The maximum atomic E-state index is 10.7. The van der Waals surface area contributed by atoms with Gasteiger partial charge in [-0.3, -0.25) is 0 Å². The van der Waals surface area contributed by atoms with Crippen molar-refractivity contribution in [2.75, 3.05) is 19.8 Å². The summed E-state index contributed by atoms with van der Waals surface area (Å²) in [6.07, 6.45) is 1.07. The molecular weight excluding hydrogens is 246 g/mol. The molecule has 0 spiro atoms. The summed E-state index contributed by atoms with van der Waals surface area (Å²) in [6, 6.07) is 1.56. The van der Waals surface area contributed by atoms with Gasteiger partial charge in [0.2, 0.25) is 5.76 Å². The van der Waals surface area contributed by atoms with Crippen molar-refractivity contribution in [3.05, 3.63) is 23.2 Å². The van der Waals surface area contributed by atoms with E-state index >= 15 is 0 Å². The molecule has 1 aromatic rings. The topological polar surface area (TPSA) is 71.7 Å². The van der Waals surface area contributed by atoms with E-state index in [-0.39, 0.29) is 5.76 Å². The van der Waals surface area contributed by atoms with Crippen molar-refractivity contribution in [2.45, 2.75) is 33.7 Å². The zero-order valence-corrected chi connectivity index (χ0v) is 11.9. The van der Waals surface area contributed by atoms with E-state index in [1.165, 1.54) is 0 Å². The maximum absolute atomic E-state index is 10.7. The van der Waals surface area contributed by atoms with Crippen LogP contribution in [0.1, 0.15) is 42.1 Å². The Bertz CT molecular complexity index is 398. The molecule has 0 amide bonds. The summed E-state index contributed by atoms with van der Waals surface area (Å²) in [5, 5.41) is 12.0. The van der Waals surface area contributed by atoms with E-state index in [4.69, 9.17) is 14.3 Å². The second-order valence-corrected chi connectivity index (χ2v) is 4.97. The van der Waals surface area contributed by atoms with Gasteiger partial charge in [-0.25, -0.2) is 4.79 Å². The fourth-order valence-electron chi connectivity index (χ4n) is 1.59. The van der Waals surface area contributed by atoms with E-state index in [0.29, 0.717) is 24.8 Å². The van der Waals surface area contributed by atoms with Gasteiger partial charge in [0.15, 0.2) is 0 Å². The molecule has 1 heterocycles. The number of carboxylic acid groups (broad SMARTS) is 1. The molecule has 1 aromatic heterocycles. The fraction of sp³-hybridized carbons (Fsp3) is 0.643. The molecule has 0 bridgehead atoms. The lowest BCUT2D eigenvalue weighted by molar-refractivity contribution is 0.0661. The largest absolute Gasteiger partial charge is 0.475 e. The third kappa shape index (κ3) is 5.89. The van der Waals surface area contributed by atoms with Gasteiger partial charge in [-0.2, -0.15) is 0 Å². The highest BCUT2D eigenvalue weighted by Crippen LogP contribution is 2.14. The van der Waals surface area contributed by atoms with Crippen LogP contribution < -0.4 is 5.32 Å². The molecule has 19 heavy (non-hydrogen) atoms. The van der Waals surface area contributed by atoms with E-state index < -0.39 is 5.97 Å². The highest BCUT2D eigenvalue weighted by molar-refractivity contribution is 5.84. The van der Waals surface area contributed by atoms with Gasteiger partial charge in [-0.1, -0.05) is 13.8 Å². The molecule has 108 valence electrons. The van der Waals surface area contributed by atoms with E-state index in [0.717, 1.165) is 25.1 Å². The Morgan fingerprint density at radius 2 is 2.21 bits per heavy atom. The number of ether oxygens (including phenoxy) is 1. The lowest BCUT2D eigenvalue weighted by atomic mass is 10.1. The van der Waals surface area contributed by atoms with Gasteiger partial charge >= 0.3 is 5.97 Å². The van der Waals surface area contributed by atoms with Gasteiger partial charge in [0, 0.05) is 25.3 Å². The van der Waals surface area contributed by atoms with Gasteiger partial charge in [0.1, 0.15) is 5.76 Å². The summed E-state index contributed by atoms with van der Waals surface area (Å²) in [6.45, 7) is 8.89. The first-order valence-corrected chi connectivity index (χ1v) is 6.61. The Morgan fingerprint density at radius 1 is 1.47 bits per heavy atom. The van der Waals surface area contributed by atoms with Crippen LogP contribution in [-0.4, -0.2) is 30.8 Å². The van der Waals surface area contributed by atoms with Crippen molar-refractivity contribution >= 4 is 5.97 Å². The van der Waals surface area contributed by atoms with Crippen LogP contribution in [0.25, 0.3) is 0 Å². The minimum absolute atomic E-state index is 0.0116. The van der Waals surface area contributed by atoms with Gasteiger partial charge in [-0.05, 0) is 25.3 Å². The summed E-state index contributed by atoms with van der Waals surface area (Å²) in [5.41, 5.74) is 0.875. The van der Waals surface area contributed by atoms with Gasteiger partial charge in [0.05, 0.1) is 6.61 Å². The SMILES string of the molecule is Cc1oc(C(=O)O)cc1CNCCOCCC(C)C. The van der Waals surface area contributed by atoms with Gasteiger partial charge in [-0.15, -0.1) is 0 Å². The molecule has 0 unspecified atom stereocenters. The van der Waals surface area contributed by atoms with Crippen LogP contribution in [0.2, 0.25) is 0 Å². The predicted octanol–water partition coefficient (Wildman–Crippen LogP) is 2.44. The molecule has 5 heteroatoms. The minimum atomic E-state index is -1.04.